The van der Waals surface area contributed by atoms with Crippen LogP contribution >= 0.6 is 0 Å². The Bertz CT molecular complexity index is 2100. The van der Waals surface area contributed by atoms with Gasteiger partial charge in [0.2, 0.25) is 0 Å². The lowest BCUT2D eigenvalue weighted by Gasteiger charge is -2.38. The van der Waals surface area contributed by atoms with Crippen LogP contribution in [0.2, 0.25) is 0 Å². The van der Waals surface area contributed by atoms with Gasteiger partial charge in [-0.3, -0.25) is 0 Å². The Balaban J connectivity index is 1.49. The molecule has 1 aliphatic carbocycles. The van der Waals surface area contributed by atoms with Crippen LogP contribution in [0.15, 0.2) is 115 Å². The van der Waals surface area contributed by atoms with Gasteiger partial charge in [0.05, 0.1) is 16.6 Å². The van der Waals surface area contributed by atoms with Crippen LogP contribution in [0.1, 0.15) is 18.1 Å². The van der Waals surface area contributed by atoms with Crippen molar-refractivity contribution in [2.45, 2.75) is 12.5 Å². The van der Waals surface area contributed by atoms with E-state index in [4.69, 9.17) is 4.98 Å². The first kappa shape index (κ1) is 19.5. The molecule has 2 nitrogen and oxygen atoms in total. The second-order valence-corrected chi connectivity index (χ2v) is 10.5. The van der Waals surface area contributed by atoms with Gasteiger partial charge in [0.25, 0.3) is 0 Å². The fraction of sp³-hybridized carbons (Fsp3) is 0.0571. The van der Waals surface area contributed by atoms with Gasteiger partial charge in [0, 0.05) is 11.1 Å². The Morgan fingerprint density at radius 2 is 1.35 bits per heavy atom. The summed E-state index contributed by atoms with van der Waals surface area (Å²) in [6.45, 7) is 2.42. The average Bonchev–Trinajstić information content (AvgIpc) is 3.45. The van der Waals surface area contributed by atoms with Gasteiger partial charge < -0.3 is 4.57 Å². The van der Waals surface area contributed by atoms with Crippen LogP contribution in [0.4, 0.5) is 0 Å². The van der Waals surface area contributed by atoms with Gasteiger partial charge in [0.15, 0.2) is 0 Å². The summed E-state index contributed by atoms with van der Waals surface area (Å²) >= 11 is 0. The third-order valence-electron chi connectivity index (χ3n) is 8.67. The summed E-state index contributed by atoms with van der Waals surface area (Å²) < 4.78 is 2.53. The minimum atomic E-state index is -0.376. The van der Waals surface area contributed by atoms with E-state index >= 15 is 0 Å². The molecular formula is C35H22N2. The summed E-state index contributed by atoms with van der Waals surface area (Å²) in [5.74, 6) is 1.06. The first-order valence-electron chi connectivity index (χ1n) is 12.9. The molecule has 0 bridgehead atoms. The molecule has 0 spiro atoms. The Morgan fingerprint density at radius 3 is 2.27 bits per heavy atom. The number of rotatable bonds is 1. The summed E-state index contributed by atoms with van der Waals surface area (Å²) in [6, 6.07) is 42.1. The van der Waals surface area contributed by atoms with Crippen LogP contribution < -0.4 is 0 Å². The van der Waals surface area contributed by atoms with Crippen molar-refractivity contribution in [2.24, 2.45) is 0 Å². The number of hydrogen-bond acceptors (Lipinski definition) is 1. The zero-order valence-corrected chi connectivity index (χ0v) is 20.4. The molecule has 1 unspecified atom stereocenters. The highest BCUT2D eigenvalue weighted by Gasteiger charge is 2.48. The number of fused-ring (bicyclic) bond motifs is 9. The van der Waals surface area contributed by atoms with Gasteiger partial charge in [-0.1, -0.05) is 97.1 Å². The molecule has 7 aromatic rings. The number of imidazole rings is 1. The second kappa shape index (κ2) is 6.54. The summed E-state index contributed by atoms with van der Waals surface area (Å²) in [5.41, 5.74) is 11.0. The van der Waals surface area contributed by atoms with E-state index in [1.807, 2.05) is 0 Å². The van der Waals surface area contributed by atoms with Gasteiger partial charge in [-0.2, -0.15) is 0 Å². The van der Waals surface area contributed by atoms with Crippen molar-refractivity contribution in [1.82, 2.24) is 9.55 Å². The lowest BCUT2D eigenvalue weighted by molar-refractivity contribution is 0.524. The van der Waals surface area contributed by atoms with Crippen LogP contribution in [-0.4, -0.2) is 9.55 Å². The molecule has 0 saturated heterocycles. The van der Waals surface area contributed by atoms with Crippen molar-refractivity contribution in [3.8, 4) is 33.6 Å². The zero-order chi connectivity index (χ0) is 24.3. The third kappa shape index (κ3) is 2.25. The normalized spacial score (nSPS) is 16.9. The number of benzene rings is 6. The zero-order valence-electron chi connectivity index (χ0n) is 20.4. The Kier molecular flexibility index (Phi) is 3.45. The highest BCUT2D eigenvalue weighted by Crippen LogP contribution is 2.59. The monoisotopic (exact) mass is 470 g/mol. The lowest BCUT2D eigenvalue weighted by atomic mass is 9.71. The molecule has 172 valence electrons. The maximum Gasteiger partial charge on any atom is 0.142 e. The quantitative estimate of drug-likeness (QED) is 0.219. The maximum atomic E-state index is 5.25. The molecule has 37 heavy (non-hydrogen) atoms. The lowest BCUT2D eigenvalue weighted by Crippen LogP contribution is -2.32. The van der Waals surface area contributed by atoms with Crippen LogP contribution in [-0.2, 0) is 5.54 Å². The molecule has 2 heterocycles. The fourth-order valence-electron chi connectivity index (χ4n) is 7.21. The largest absolute Gasteiger partial charge is 0.310 e. The van der Waals surface area contributed by atoms with E-state index in [-0.39, 0.29) is 5.54 Å². The molecule has 0 fully saturated rings. The van der Waals surface area contributed by atoms with Gasteiger partial charge >= 0.3 is 0 Å². The summed E-state index contributed by atoms with van der Waals surface area (Å²) in [5, 5.41) is 5.26. The third-order valence-corrected chi connectivity index (χ3v) is 8.67. The smallest absolute Gasteiger partial charge is 0.142 e. The molecule has 1 atom stereocenters. The SMILES string of the molecule is CC12c3c(cccc3-c3nc4ccc(-c5ccccc5)cc4n31)-c1cccc3cc4ccccc4c2c13. The molecule has 1 aromatic heterocycles. The molecule has 9 rings (SSSR count). The van der Waals surface area contributed by atoms with E-state index in [1.165, 1.54) is 66.0 Å². The van der Waals surface area contributed by atoms with E-state index < -0.39 is 0 Å². The molecule has 2 heteroatoms. The van der Waals surface area contributed by atoms with E-state index in [0.29, 0.717) is 0 Å². The molecule has 1 aliphatic heterocycles. The van der Waals surface area contributed by atoms with Crippen molar-refractivity contribution in [3.63, 3.8) is 0 Å². The Labute approximate surface area is 214 Å². The number of aromatic nitrogens is 2. The number of hydrogen-bond donors (Lipinski definition) is 0. The van der Waals surface area contributed by atoms with Crippen molar-refractivity contribution in [3.05, 3.63) is 126 Å². The van der Waals surface area contributed by atoms with Crippen molar-refractivity contribution in [1.29, 1.82) is 0 Å². The van der Waals surface area contributed by atoms with Gasteiger partial charge in [-0.15, -0.1) is 0 Å². The first-order chi connectivity index (χ1) is 18.2. The molecule has 0 N–H and O–H groups in total. The van der Waals surface area contributed by atoms with E-state index in [2.05, 4.69) is 127 Å². The second-order valence-electron chi connectivity index (χ2n) is 10.5. The Hall–Kier alpha value is -4.69. The van der Waals surface area contributed by atoms with Gasteiger partial charge in [-0.05, 0) is 74.5 Å². The number of nitrogens with zero attached hydrogens (tertiary/aromatic N) is 2. The van der Waals surface area contributed by atoms with Gasteiger partial charge in [0.1, 0.15) is 5.82 Å². The summed E-state index contributed by atoms with van der Waals surface area (Å²) in [7, 11) is 0. The van der Waals surface area contributed by atoms with E-state index in [0.717, 1.165) is 11.3 Å². The average molecular weight is 471 g/mol. The maximum absolute atomic E-state index is 5.25. The predicted molar refractivity (Wildman–Crippen MR) is 153 cm³/mol. The van der Waals surface area contributed by atoms with Crippen LogP contribution in [0.25, 0.3) is 66.2 Å². The topological polar surface area (TPSA) is 17.8 Å². The first-order valence-corrected chi connectivity index (χ1v) is 12.9. The highest BCUT2D eigenvalue weighted by molar-refractivity contribution is 6.13. The van der Waals surface area contributed by atoms with E-state index in [1.54, 1.807) is 0 Å². The highest BCUT2D eigenvalue weighted by atomic mass is 15.2. The van der Waals surface area contributed by atoms with Crippen LogP contribution in [0.5, 0.6) is 0 Å². The van der Waals surface area contributed by atoms with Gasteiger partial charge in [-0.25, -0.2) is 4.98 Å². The molecule has 2 aliphatic rings. The molecule has 0 amide bonds. The van der Waals surface area contributed by atoms with Crippen LogP contribution in [0.3, 0.4) is 0 Å². The standard InChI is InChI=1S/C35H22N2/c1-35-32-27(26-14-7-12-24-19-23-11-5-6-13-25(23)33(35)31(24)26)15-8-16-28(32)34-36-29-18-17-22(20-30(29)37(34)35)21-9-3-2-4-10-21/h2-20H,1H3. The van der Waals surface area contributed by atoms with Crippen molar-refractivity contribution < 1.29 is 0 Å². The Morgan fingerprint density at radius 1 is 0.595 bits per heavy atom. The molecular weight excluding hydrogens is 448 g/mol. The van der Waals surface area contributed by atoms with Crippen molar-refractivity contribution >= 4 is 32.6 Å². The molecule has 0 radical (unpaired) electrons. The van der Waals surface area contributed by atoms with Crippen molar-refractivity contribution in [2.75, 3.05) is 0 Å². The summed E-state index contributed by atoms with van der Waals surface area (Å²) in [4.78, 5) is 5.25. The molecule has 0 saturated carbocycles. The minimum Gasteiger partial charge on any atom is -0.310 e. The predicted octanol–water partition coefficient (Wildman–Crippen LogP) is 8.78. The molecule has 6 aromatic carbocycles. The van der Waals surface area contributed by atoms with Crippen LogP contribution in [0, 0.1) is 0 Å². The van der Waals surface area contributed by atoms with E-state index in [9.17, 15) is 0 Å². The fourth-order valence-corrected chi connectivity index (χ4v) is 7.21. The minimum absolute atomic E-state index is 0.376. The summed E-state index contributed by atoms with van der Waals surface area (Å²) in [6.07, 6.45) is 0.